The van der Waals surface area contributed by atoms with Crippen LogP contribution in [0, 0.1) is 11.8 Å². The number of carbonyl (C=O) groups excluding carboxylic acids is 6. The third-order valence-electron chi connectivity index (χ3n) is 7.03. The lowest BCUT2D eigenvalue weighted by molar-refractivity contribution is -0.141. The summed E-state index contributed by atoms with van der Waals surface area (Å²) in [5.74, 6) is -6.08. The van der Waals surface area contributed by atoms with Crippen LogP contribution in [0.25, 0.3) is 0 Å². The van der Waals surface area contributed by atoms with Gasteiger partial charge >= 0.3 is 5.97 Å². The average Bonchev–Trinajstić information content (AvgIpc) is 2.97. The van der Waals surface area contributed by atoms with Crippen LogP contribution in [-0.2, 0) is 40.0 Å². The van der Waals surface area contributed by atoms with Gasteiger partial charge in [-0.15, -0.1) is 0 Å². The maximum Gasteiger partial charge on any atom is 0.326 e. The predicted molar refractivity (Wildman–Crippen MR) is 165 cm³/mol. The van der Waals surface area contributed by atoms with E-state index < -0.39 is 84.6 Å². The summed E-state index contributed by atoms with van der Waals surface area (Å²) in [5.41, 5.74) is 11.9. The molecule has 0 fully saturated rings. The SMILES string of the molecule is CC[C@H](C)[C@H](N)C(=O)N[C@@H](CC(N)=O)C(=O)N[C@@H](CC(C)C)C(=O)N[C@@H](C)C(=O)NCC(=O)N[C@@H](Cc1ccccc1)C(=O)O. The zero-order chi connectivity index (χ0) is 34.3. The predicted octanol–water partition coefficient (Wildman–Crippen LogP) is -1.32. The van der Waals surface area contributed by atoms with Gasteiger partial charge in [-0.1, -0.05) is 64.4 Å². The molecule has 0 bridgehead atoms. The van der Waals surface area contributed by atoms with E-state index in [1.54, 1.807) is 51.1 Å². The van der Waals surface area contributed by atoms with Gasteiger partial charge in [0, 0.05) is 6.42 Å². The molecule has 45 heavy (non-hydrogen) atoms. The van der Waals surface area contributed by atoms with Crippen molar-refractivity contribution >= 4 is 41.4 Å². The summed E-state index contributed by atoms with van der Waals surface area (Å²) in [6, 6.07) is 2.86. The molecule has 1 rings (SSSR count). The van der Waals surface area contributed by atoms with E-state index in [-0.39, 0.29) is 24.7 Å². The Morgan fingerprint density at radius 2 is 1.36 bits per heavy atom. The lowest BCUT2D eigenvalue weighted by atomic mass is 9.98. The number of amides is 6. The zero-order valence-corrected chi connectivity index (χ0v) is 26.4. The number of aliphatic carboxylic acids is 1. The van der Waals surface area contributed by atoms with E-state index in [0.29, 0.717) is 12.0 Å². The molecular weight excluding hydrogens is 586 g/mol. The van der Waals surface area contributed by atoms with Gasteiger partial charge in [0.05, 0.1) is 19.0 Å². The van der Waals surface area contributed by atoms with E-state index in [4.69, 9.17) is 11.5 Å². The van der Waals surface area contributed by atoms with Crippen LogP contribution < -0.4 is 38.1 Å². The number of nitrogens with one attached hydrogen (secondary N) is 5. The zero-order valence-electron chi connectivity index (χ0n) is 26.4. The topological polar surface area (TPSA) is 252 Å². The van der Waals surface area contributed by atoms with Crippen molar-refractivity contribution in [3.05, 3.63) is 35.9 Å². The summed E-state index contributed by atoms with van der Waals surface area (Å²) >= 11 is 0. The van der Waals surface area contributed by atoms with E-state index in [1.807, 2.05) is 6.92 Å². The summed E-state index contributed by atoms with van der Waals surface area (Å²) in [6.45, 7) is 8.03. The van der Waals surface area contributed by atoms with Crippen LogP contribution in [0.1, 0.15) is 59.4 Å². The molecule has 10 N–H and O–H groups in total. The Bertz CT molecular complexity index is 1190. The van der Waals surface area contributed by atoms with E-state index in [1.165, 1.54) is 6.92 Å². The number of hydrogen-bond acceptors (Lipinski definition) is 8. The third-order valence-corrected chi connectivity index (χ3v) is 7.03. The monoisotopic (exact) mass is 633 g/mol. The minimum Gasteiger partial charge on any atom is -0.480 e. The molecule has 15 nitrogen and oxygen atoms in total. The molecule has 1 aromatic carbocycles. The Morgan fingerprint density at radius 3 is 1.89 bits per heavy atom. The highest BCUT2D eigenvalue weighted by Crippen LogP contribution is 2.09. The van der Waals surface area contributed by atoms with E-state index >= 15 is 0 Å². The van der Waals surface area contributed by atoms with Crippen molar-refractivity contribution in [1.82, 2.24) is 26.6 Å². The van der Waals surface area contributed by atoms with Crippen LogP contribution in [0.15, 0.2) is 30.3 Å². The highest BCUT2D eigenvalue weighted by Gasteiger charge is 2.31. The lowest BCUT2D eigenvalue weighted by Crippen LogP contribution is -2.58. The first-order valence-corrected chi connectivity index (χ1v) is 14.8. The molecule has 6 amide bonds. The van der Waals surface area contributed by atoms with Crippen LogP contribution in [0.5, 0.6) is 0 Å². The second-order valence-electron chi connectivity index (χ2n) is 11.4. The lowest BCUT2D eigenvalue weighted by Gasteiger charge is -2.26. The largest absolute Gasteiger partial charge is 0.480 e. The van der Waals surface area contributed by atoms with Crippen molar-refractivity contribution in [2.75, 3.05) is 6.54 Å². The molecule has 0 aromatic heterocycles. The van der Waals surface area contributed by atoms with Gasteiger partial charge in [-0.3, -0.25) is 28.8 Å². The van der Waals surface area contributed by atoms with E-state index in [9.17, 15) is 38.7 Å². The van der Waals surface area contributed by atoms with Gasteiger partial charge < -0.3 is 43.2 Å². The molecule has 0 unspecified atom stereocenters. The molecule has 0 radical (unpaired) electrons. The summed E-state index contributed by atoms with van der Waals surface area (Å²) in [6.07, 6.45) is 0.261. The maximum absolute atomic E-state index is 13.1. The molecule has 250 valence electrons. The minimum absolute atomic E-state index is 0.0416. The first-order chi connectivity index (χ1) is 21.0. The van der Waals surface area contributed by atoms with Gasteiger partial charge in [0.1, 0.15) is 24.2 Å². The maximum atomic E-state index is 13.1. The average molecular weight is 634 g/mol. The highest BCUT2D eigenvalue weighted by molar-refractivity contribution is 5.97. The van der Waals surface area contributed by atoms with Crippen LogP contribution in [-0.4, -0.2) is 83.3 Å². The fourth-order valence-electron chi connectivity index (χ4n) is 4.16. The molecule has 0 saturated carbocycles. The Morgan fingerprint density at radius 1 is 0.778 bits per heavy atom. The standard InChI is InChI=1S/C30H47N7O8/c1-6-17(4)25(32)29(43)37-21(14-23(31)38)28(42)36-20(12-16(2)3)27(41)34-18(5)26(40)33-15-24(39)35-22(30(44)45)13-19-10-8-7-9-11-19/h7-11,16-18,20-22,25H,6,12-15,32H2,1-5H3,(H2,31,38)(H,33,40)(H,34,41)(H,35,39)(H,36,42)(H,37,43)(H,44,45)/t17-,18-,20-,21-,22-,25-/m0/s1. The molecule has 0 heterocycles. The second kappa shape index (κ2) is 19.0. The first-order valence-electron chi connectivity index (χ1n) is 14.8. The Labute approximate surface area is 263 Å². The van der Waals surface area contributed by atoms with Crippen molar-refractivity contribution in [1.29, 1.82) is 0 Å². The molecule has 1 aromatic rings. The summed E-state index contributed by atoms with van der Waals surface area (Å²) < 4.78 is 0. The van der Waals surface area contributed by atoms with Gasteiger partial charge in [-0.2, -0.15) is 0 Å². The number of hydrogen-bond donors (Lipinski definition) is 8. The molecule has 6 atom stereocenters. The normalized spacial score (nSPS) is 14.9. The van der Waals surface area contributed by atoms with Gasteiger partial charge in [0.15, 0.2) is 0 Å². The fraction of sp³-hybridized carbons (Fsp3) is 0.567. The van der Waals surface area contributed by atoms with Gasteiger partial charge in [-0.05, 0) is 30.7 Å². The molecule has 0 saturated heterocycles. The van der Waals surface area contributed by atoms with Gasteiger partial charge in [0.25, 0.3) is 0 Å². The molecular formula is C30H47N7O8. The number of primary amides is 1. The van der Waals surface area contributed by atoms with Crippen LogP contribution in [0.2, 0.25) is 0 Å². The minimum atomic E-state index is -1.39. The van der Waals surface area contributed by atoms with Gasteiger partial charge in [-0.25, -0.2) is 4.79 Å². The van der Waals surface area contributed by atoms with Gasteiger partial charge in [0.2, 0.25) is 35.4 Å². The van der Waals surface area contributed by atoms with Crippen molar-refractivity contribution in [3.63, 3.8) is 0 Å². The third kappa shape index (κ3) is 14.2. The number of nitrogens with two attached hydrogens (primary N) is 2. The Kier molecular flexibility index (Phi) is 16.2. The van der Waals surface area contributed by atoms with Crippen molar-refractivity contribution < 1.29 is 38.7 Å². The highest BCUT2D eigenvalue weighted by atomic mass is 16.4. The number of benzene rings is 1. The molecule has 0 aliphatic carbocycles. The quantitative estimate of drug-likeness (QED) is 0.0898. The number of rotatable bonds is 19. The van der Waals surface area contributed by atoms with Crippen molar-refractivity contribution in [3.8, 4) is 0 Å². The molecule has 0 spiro atoms. The van der Waals surface area contributed by atoms with E-state index in [2.05, 4.69) is 26.6 Å². The van der Waals surface area contributed by atoms with Crippen LogP contribution in [0.4, 0.5) is 0 Å². The van der Waals surface area contributed by atoms with Crippen molar-refractivity contribution in [2.45, 2.75) is 90.5 Å². The van der Waals surface area contributed by atoms with Crippen LogP contribution in [0.3, 0.4) is 0 Å². The first kappa shape index (κ1) is 38.5. The molecule has 0 aliphatic heterocycles. The van der Waals surface area contributed by atoms with Crippen molar-refractivity contribution in [2.24, 2.45) is 23.3 Å². The number of carboxylic acids is 1. The number of carboxylic acid groups (broad SMARTS) is 1. The summed E-state index contributed by atoms with van der Waals surface area (Å²) in [4.78, 5) is 87.1. The fourth-order valence-corrected chi connectivity index (χ4v) is 4.16. The van der Waals surface area contributed by atoms with Crippen LogP contribution >= 0.6 is 0 Å². The smallest absolute Gasteiger partial charge is 0.326 e. The van der Waals surface area contributed by atoms with E-state index in [0.717, 1.165) is 0 Å². The molecule has 15 heteroatoms. The second-order valence-corrected chi connectivity index (χ2v) is 11.4. The Balaban J connectivity index is 2.82. The number of carbonyl (C=O) groups is 7. The Hall–Kier alpha value is -4.53. The summed E-state index contributed by atoms with van der Waals surface area (Å²) in [5, 5.41) is 21.6. The summed E-state index contributed by atoms with van der Waals surface area (Å²) in [7, 11) is 0. The molecule has 0 aliphatic rings.